The Kier molecular flexibility index (Phi) is 4.23. The van der Waals surface area contributed by atoms with Crippen molar-refractivity contribution in [2.45, 2.75) is 17.9 Å². The van der Waals surface area contributed by atoms with Gasteiger partial charge < -0.3 is 10.5 Å². The van der Waals surface area contributed by atoms with Crippen LogP contribution >= 0.6 is 11.8 Å². The number of benzene rings is 1. The van der Waals surface area contributed by atoms with E-state index < -0.39 is 0 Å². The predicted octanol–water partition coefficient (Wildman–Crippen LogP) is 3.62. The second kappa shape index (κ2) is 5.89. The second-order valence-corrected chi connectivity index (χ2v) is 4.86. The van der Waals surface area contributed by atoms with E-state index in [2.05, 4.69) is 4.98 Å². The average Bonchev–Trinajstić information content (AvgIpc) is 2.40. The Morgan fingerprint density at radius 2 is 1.78 bits per heavy atom. The third-order valence-electron chi connectivity index (χ3n) is 2.52. The minimum absolute atomic E-state index is 0.0556. The fourth-order valence-corrected chi connectivity index (χ4v) is 1.91. The molecule has 2 rings (SSSR count). The van der Waals surface area contributed by atoms with E-state index in [1.54, 1.807) is 18.0 Å². The van der Waals surface area contributed by atoms with Crippen LogP contribution in [0.2, 0.25) is 0 Å². The van der Waals surface area contributed by atoms with E-state index in [1.807, 2.05) is 49.6 Å². The summed E-state index contributed by atoms with van der Waals surface area (Å²) in [6.07, 6.45) is 3.74. The van der Waals surface area contributed by atoms with Crippen LogP contribution in [0.15, 0.2) is 47.5 Å². The Bertz CT molecular complexity index is 494. The predicted molar refractivity (Wildman–Crippen MR) is 75.1 cm³/mol. The molecule has 0 aliphatic carbocycles. The number of thioether (sulfide) groups is 1. The van der Waals surface area contributed by atoms with Gasteiger partial charge in [0.1, 0.15) is 11.5 Å². The zero-order valence-electron chi connectivity index (χ0n) is 10.5. The average molecular weight is 260 g/mol. The molecule has 2 N–H and O–H groups in total. The van der Waals surface area contributed by atoms with Gasteiger partial charge in [0.05, 0.1) is 11.9 Å². The van der Waals surface area contributed by atoms with Gasteiger partial charge in [0.2, 0.25) is 0 Å². The smallest absolute Gasteiger partial charge is 0.145 e. The first-order chi connectivity index (χ1) is 8.69. The van der Waals surface area contributed by atoms with Gasteiger partial charge >= 0.3 is 0 Å². The van der Waals surface area contributed by atoms with Crippen LogP contribution in [0, 0.1) is 0 Å². The quantitative estimate of drug-likeness (QED) is 0.853. The molecule has 18 heavy (non-hydrogen) atoms. The maximum atomic E-state index is 5.74. The van der Waals surface area contributed by atoms with Crippen molar-refractivity contribution in [2.24, 2.45) is 5.73 Å². The molecule has 0 spiro atoms. The maximum absolute atomic E-state index is 5.74. The number of rotatable bonds is 4. The number of aromatic nitrogens is 1. The van der Waals surface area contributed by atoms with Gasteiger partial charge in [-0.25, -0.2) is 0 Å². The number of pyridine rings is 1. The molecule has 0 radical (unpaired) electrons. The van der Waals surface area contributed by atoms with E-state index in [-0.39, 0.29) is 6.04 Å². The summed E-state index contributed by atoms with van der Waals surface area (Å²) in [5.74, 6) is 1.53. The fourth-order valence-electron chi connectivity index (χ4n) is 1.50. The third-order valence-corrected chi connectivity index (χ3v) is 3.26. The van der Waals surface area contributed by atoms with Gasteiger partial charge in [-0.3, -0.25) is 4.98 Å². The van der Waals surface area contributed by atoms with Gasteiger partial charge in [0.25, 0.3) is 0 Å². The highest BCUT2D eigenvalue weighted by molar-refractivity contribution is 7.98. The van der Waals surface area contributed by atoms with Crippen molar-refractivity contribution in [1.29, 1.82) is 0 Å². The lowest BCUT2D eigenvalue weighted by atomic mass is 10.2. The van der Waals surface area contributed by atoms with Crippen LogP contribution < -0.4 is 10.5 Å². The molecular formula is C14H16N2OS. The lowest BCUT2D eigenvalue weighted by Crippen LogP contribution is -2.06. The highest BCUT2D eigenvalue weighted by Gasteiger charge is 2.02. The topological polar surface area (TPSA) is 48.1 Å². The van der Waals surface area contributed by atoms with Crippen molar-refractivity contribution in [3.05, 3.63) is 48.3 Å². The Labute approximate surface area is 111 Å². The largest absolute Gasteiger partial charge is 0.456 e. The highest BCUT2D eigenvalue weighted by atomic mass is 32.2. The minimum Gasteiger partial charge on any atom is -0.456 e. The molecule has 94 valence electrons. The first-order valence-corrected chi connectivity index (χ1v) is 6.95. The summed E-state index contributed by atoms with van der Waals surface area (Å²) in [7, 11) is 0. The Morgan fingerprint density at radius 1 is 1.11 bits per heavy atom. The molecule has 0 unspecified atom stereocenters. The third kappa shape index (κ3) is 3.24. The number of hydrogen-bond acceptors (Lipinski definition) is 4. The van der Waals surface area contributed by atoms with Crippen molar-refractivity contribution in [2.75, 3.05) is 6.26 Å². The first kappa shape index (κ1) is 12.9. The molecule has 0 saturated carbocycles. The Balaban J connectivity index is 2.08. The lowest BCUT2D eigenvalue weighted by Gasteiger charge is -2.08. The van der Waals surface area contributed by atoms with Crippen LogP contribution in [0.4, 0.5) is 0 Å². The molecular weight excluding hydrogens is 244 g/mol. The monoisotopic (exact) mass is 260 g/mol. The molecule has 4 heteroatoms. The summed E-state index contributed by atoms with van der Waals surface area (Å²) < 4.78 is 5.70. The summed E-state index contributed by atoms with van der Waals surface area (Å²) >= 11 is 1.71. The minimum atomic E-state index is -0.0556. The molecule has 0 fully saturated rings. The molecule has 0 saturated heterocycles. The molecule has 1 aromatic carbocycles. The van der Waals surface area contributed by atoms with Gasteiger partial charge in [-0.05, 0) is 49.6 Å². The van der Waals surface area contributed by atoms with Crippen LogP contribution in [0.3, 0.4) is 0 Å². The zero-order chi connectivity index (χ0) is 13.0. The first-order valence-electron chi connectivity index (χ1n) is 5.72. The van der Waals surface area contributed by atoms with E-state index in [0.29, 0.717) is 0 Å². The van der Waals surface area contributed by atoms with E-state index in [0.717, 1.165) is 17.2 Å². The number of nitrogens with two attached hydrogens (primary N) is 1. The van der Waals surface area contributed by atoms with E-state index >= 15 is 0 Å². The Morgan fingerprint density at radius 3 is 2.28 bits per heavy atom. The molecule has 0 bridgehead atoms. The maximum Gasteiger partial charge on any atom is 0.145 e. The molecule has 1 aromatic heterocycles. The van der Waals surface area contributed by atoms with Gasteiger partial charge in [-0.1, -0.05) is 0 Å². The van der Waals surface area contributed by atoms with E-state index in [4.69, 9.17) is 10.5 Å². The summed E-state index contributed by atoms with van der Waals surface area (Å²) in [6.45, 7) is 1.91. The van der Waals surface area contributed by atoms with Crippen LogP contribution in [0.25, 0.3) is 0 Å². The summed E-state index contributed by atoms with van der Waals surface area (Å²) in [5, 5.41) is 0. The van der Waals surface area contributed by atoms with E-state index in [9.17, 15) is 0 Å². The van der Waals surface area contributed by atoms with Crippen molar-refractivity contribution in [1.82, 2.24) is 4.98 Å². The van der Waals surface area contributed by atoms with Crippen molar-refractivity contribution in [3.8, 4) is 11.5 Å². The molecule has 2 aromatic rings. The van der Waals surface area contributed by atoms with Gasteiger partial charge in [0, 0.05) is 10.9 Å². The van der Waals surface area contributed by atoms with Crippen LogP contribution in [-0.2, 0) is 0 Å². The Hall–Kier alpha value is -1.52. The normalized spacial score (nSPS) is 12.2. The van der Waals surface area contributed by atoms with Gasteiger partial charge in [-0.2, -0.15) is 0 Å². The van der Waals surface area contributed by atoms with Crippen LogP contribution in [-0.4, -0.2) is 11.2 Å². The van der Waals surface area contributed by atoms with Crippen molar-refractivity contribution < 1.29 is 4.74 Å². The summed E-state index contributed by atoms with van der Waals surface area (Å²) in [6, 6.07) is 11.7. The lowest BCUT2D eigenvalue weighted by molar-refractivity contribution is 0.479. The number of nitrogens with zero attached hydrogens (tertiary/aromatic N) is 1. The van der Waals surface area contributed by atoms with Crippen LogP contribution in [0.5, 0.6) is 11.5 Å². The number of hydrogen-bond donors (Lipinski definition) is 1. The summed E-state index contributed by atoms with van der Waals surface area (Å²) in [4.78, 5) is 5.47. The standard InChI is InChI=1S/C14H16N2OS/c1-10(15)14-8-5-12(9-16-14)17-11-3-6-13(18-2)7-4-11/h3-10H,15H2,1-2H3/t10-/m1/s1. The van der Waals surface area contributed by atoms with Crippen molar-refractivity contribution in [3.63, 3.8) is 0 Å². The summed E-state index contributed by atoms with van der Waals surface area (Å²) in [5.41, 5.74) is 6.60. The van der Waals surface area contributed by atoms with Gasteiger partial charge in [-0.15, -0.1) is 11.8 Å². The molecule has 3 nitrogen and oxygen atoms in total. The molecule has 0 amide bonds. The highest BCUT2D eigenvalue weighted by Crippen LogP contribution is 2.24. The SMILES string of the molecule is CSc1ccc(Oc2ccc([C@@H](C)N)nc2)cc1. The molecule has 1 heterocycles. The van der Waals surface area contributed by atoms with Crippen LogP contribution in [0.1, 0.15) is 18.7 Å². The van der Waals surface area contributed by atoms with E-state index in [1.165, 1.54) is 4.90 Å². The molecule has 0 aliphatic heterocycles. The van der Waals surface area contributed by atoms with Gasteiger partial charge in [0.15, 0.2) is 0 Å². The van der Waals surface area contributed by atoms with Crippen molar-refractivity contribution >= 4 is 11.8 Å². The molecule has 1 atom stereocenters. The molecule has 0 aliphatic rings. The zero-order valence-corrected chi connectivity index (χ0v) is 11.3. The number of ether oxygens (including phenoxy) is 1. The fraction of sp³-hybridized carbons (Fsp3) is 0.214. The second-order valence-electron chi connectivity index (χ2n) is 3.99.